The molecule has 9 heteroatoms. The minimum absolute atomic E-state index is 0.0795. The second-order valence-electron chi connectivity index (χ2n) is 6.93. The first kappa shape index (κ1) is 21.7. The predicted molar refractivity (Wildman–Crippen MR) is 111 cm³/mol. The van der Waals surface area contributed by atoms with Crippen molar-refractivity contribution in [3.63, 3.8) is 0 Å². The van der Waals surface area contributed by atoms with Crippen molar-refractivity contribution in [2.75, 3.05) is 7.11 Å². The van der Waals surface area contributed by atoms with Crippen LogP contribution in [0, 0.1) is 11.3 Å². The van der Waals surface area contributed by atoms with E-state index in [1.54, 1.807) is 31.2 Å². The van der Waals surface area contributed by atoms with Gasteiger partial charge in [0, 0.05) is 11.6 Å². The van der Waals surface area contributed by atoms with Crippen molar-refractivity contribution in [3.05, 3.63) is 83.1 Å². The molecule has 1 heterocycles. The Morgan fingerprint density at radius 1 is 1.16 bits per heavy atom. The van der Waals surface area contributed by atoms with Crippen LogP contribution in [-0.2, 0) is 22.7 Å². The molecule has 0 saturated carbocycles. The van der Waals surface area contributed by atoms with Crippen LogP contribution in [0.4, 0.5) is 4.79 Å². The molecule has 0 spiro atoms. The number of carbonyl (C=O) groups is 2. The van der Waals surface area contributed by atoms with Crippen LogP contribution in [0.15, 0.2) is 71.5 Å². The first-order chi connectivity index (χ1) is 14.9. The van der Waals surface area contributed by atoms with Gasteiger partial charge in [-0.2, -0.15) is 10.3 Å². The summed E-state index contributed by atoms with van der Waals surface area (Å²) in [5, 5.41) is 24.2. The average molecular weight is 420 g/mol. The van der Waals surface area contributed by atoms with Crippen LogP contribution in [0.2, 0.25) is 0 Å². The van der Waals surface area contributed by atoms with Crippen molar-refractivity contribution in [2.24, 2.45) is 5.10 Å². The number of nitriles is 1. The molecule has 1 unspecified atom stereocenters. The number of nitrogens with one attached hydrogen (secondary N) is 1. The van der Waals surface area contributed by atoms with Gasteiger partial charge < -0.3 is 5.11 Å². The van der Waals surface area contributed by atoms with Crippen LogP contribution in [0.25, 0.3) is 0 Å². The number of carbonyl (C=O) groups excluding carboxylic acids is 1. The highest BCUT2D eigenvalue weighted by Crippen LogP contribution is 2.27. The lowest BCUT2D eigenvalue weighted by Crippen LogP contribution is -2.58. The Labute approximate surface area is 179 Å². The Bertz CT molecular complexity index is 1070. The van der Waals surface area contributed by atoms with Crippen LogP contribution in [0.1, 0.15) is 23.6 Å². The maximum Gasteiger partial charge on any atom is 0.395 e. The van der Waals surface area contributed by atoms with E-state index in [0.29, 0.717) is 11.3 Å². The number of allylic oxidation sites excluding steroid dienone is 1. The number of hydrogen-bond acceptors (Lipinski definition) is 5. The fourth-order valence-corrected chi connectivity index (χ4v) is 3.25. The minimum Gasteiger partial charge on any atom is -0.474 e. The maximum absolute atomic E-state index is 13.1. The van der Waals surface area contributed by atoms with E-state index in [1.165, 1.54) is 13.2 Å². The SMILES string of the molecule is CON(Cc1ccc(C#N)cc1)C(=O)N[N+]1(Cc2ccccc2)N=C(C)C=C1C(=O)O. The molecular weight excluding hydrogens is 398 g/mol. The summed E-state index contributed by atoms with van der Waals surface area (Å²) in [5.74, 6) is -1.19. The average Bonchev–Trinajstić information content (AvgIpc) is 3.08. The Balaban J connectivity index is 1.87. The summed E-state index contributed by atoms with van der Waals surface area (Å²) in [6.07, 6.45) is 1.43. The molecule has 1 aliphatic heterocycles. The lowest BCUT2D eigenvalue weighted by molar-refractivity contribution is -0.940. The molecule has 1 aliphatic rings. The number of hydroxylamine groups is 2. The summed E-state index contributed by atoms with van der Waals surface area (Å²) >= 11 is 0. The fourth-order valence-electron chi connectivity index (χ4n) is 3.25. The third-order valence-corrected chi connectivity index (χ3v) is 4.68. The molecule has 0 bridgehead atoms. The van der Waals surface area contributed by atoms with Gasteiger partial charge in [0.25, 0.3) is 5.70 Å². The van der Waals surface area contributed by atoms with Crippen LogP contribution < -0.4 is 5.43 Å². The van der Waals surface area contributed by atoms with Crippen molar-refractivity contribution < 1.29 is 24.2 Å². The summed E-state index contributed by atoms with van der Waals surface area (Å²) in [6, 6.07) is 17.3. The minimum atomic E-state index is -1.19. The predicted octanol–water partition coefficient (Wildman–Crippen LogP) is 2.92. The number of rotatable bonds is 7. The smallest absolute Gasteiger partial charge is 0.395 e. The highest BCUT2D eigenvalue weighted by molar-refractivity contribution is 6.01. The molecular formula is C22H22N5O4+. The second kappa shape index (κ2) is 9.21. The van der Waals surface area contributed by atoms with E-state index >= 15 is 0 Å². The summed E-state index contributed by atoms with van der Waals surface area (Å²) in [4.78, 5) is 30.2. The Kier molecular flexibility index (Phi) is 6.45. The van der Waals surface area contributed by atoms with Gasteiger partial charge in [-0.05, 0) is 24.6 Å². The van der Waals surface area contributed by atoms with Gasteiger partial charge in [-0.1, -0.05) is 52.3 Å². The third-order valence-electron chi connectivity index (χ3n) is 4.68. The monoisotopic (exact) mass is 420 g/mol. The fraction of sp³-hybridized carbons (Fsp3) is 0.182. The lowest BCUT2D eigenvalue weighted by Gasteiger charge is -2.30. The van der Waals surface area contributed by atoms with Gasteiger partial charge in [-0.15, -0.1) is 5.43 Å². The number of quaternary nitrogens is 1. The number of carboxylic acids is 1. The molecule has 0 saturated heterocycles. The standard InChI is InChI=1S/C22H21N5O4/c1-16-12-20(21(28)29)27(24-16,15-19-6-4-3-5-7-19)25-22(30)26(31-2)14-18-10-8-17(13-23)9-11-18/h3-12H,14-15H2,1-2H3,(H-,25,28,29,30)/p+1. The topological polar surface area (TPSA) is 115 Å². The Hall–Kier alpha value is -4.00. The first-order valence-corrected chi connectivity index (χ1v) is 9.44. The summed E-state index contributed by atoms with van der Waals surface area (Å²) < 4.78 is -0.628. The van der Waals surface area contributed by atoms with E-state index in [9.17, 15) is 14.7 Å². The van der Waals surface area contributed by atoms with Crippen molar-refractivity contribution in [1.82, 2.24) is 10.5 Å². The van der Waals surface area contributed by atoms with E-state index in [1.807, 2.05) is 36.4 Å². The van der Waals surface area contributed by atoms with Crippen LogP contribution in [0.5, 0.6) is 0 Å². The molecule has 2 amide bonds. The number of benzene rings is 2. The molecule has 0 aliphatic carbocycles. The molecule has 31 heavy (non-hydrogen) atoms. The number of urea groups is 1. The highest BCUT2D eigenvalue weighted by Gasteiger charge is 2.46. The van der Waals surface area contributed by atoms with Crippen LogP contribution in [-0.4, -0.2) is 39.7 Å². The summed E-state index contributed by atoms with van der Waals surface area (Å²) in [6.45, 7) is 1.87. The molecule has 0 fully saturated rings. The number of nitrogens with zero attached hydrogens (tertiary/aromatic N) is 4. The van der Waals surface area contributed by atoms with Gasteiger partial charge in [0.15, 0.2) is 6.54 Å². The van der Waals surface area contributed by atoms with Gasteiger partial charge in [0.1, 0.15) is 5.71 Å². The lowest BCUT2D eigenvalue weighted by atomic mass is 10.1. The zero-order valence-electron chi connectivity index (χ0n) is 17.1. The maximum atomic E-state index is 13.1. The van der Waals surface area contributed by atoms with E-state index in [0.717, 1.165) is 16.2 Å². The van der Waals surface area contributed by atoms with Crippen molar-refractivity contribution in [3.8, 4) is 6.07 Å². The van der Waals surface area contributed by atoms with Gasteiger partial charge in [-0.3, -0.25) is 4.84 Å². The van der Waals surface area contributed by atoms with Gasteiger partial charge in [0.05, 0.1) is 25.3 Å². The molecule has 0 radical (unpaired) electrons. The first-order valence-electron chi connectivity index (χ1n) is 9.44. The van der Waals surface area contributed by atoms with Gasteiger partial charge in [-0.25, -0.2) is 9.59 Å². The summed E-state index contributed by atoms with van der Waals surface area (Å²) in [7, 11) is 1.34. The zero-order valence-corrected chi connectivity index (χ0v) is 17.1. The third kappa shape index (κ3) is 4.95. The van der Waals surface area contributed by atoms with E-state index in [2.05, 4.69) is 10.5 Å². The molecule has 3 rings (SSSR count). The van der Waals surface area contributed by atoms with Crippen molar-refractivity contribution >= 4 is 17.7 Å². The van der Waals surface area contributed by atoms with Crippen molar-refractivity contribution in [2.45, 2.75) is 20.0 Å². The van der Waals surface area contributed by atoms with Crippen LogP contribution in [0.3, 0.4) is 0 Å². The van der Waals surface area contributed by atoms with E-state index in [4.69, 9.17) is 10.1 Å². The number of amides is 2. The van der Waals surface area contributed by atoms with E-state index < -0.39 is 16.7 Å². The molecule has 0 aromatic heterocycles. The molecule has 9 nitrogen and oxygen atoms in total. The van der Waals surface area contributed by atoms with Gasteiger partial charge >= 0.3 is 12.0 Å². The largest absolute Gasteiger partial charge is 0.474 e. The quantitative estimate of drug-likeness (QED) is 0.528. The zero-order chi connectivity index (χ0) is 22.4. The molecule has 2 aromatic rings. The Morgan fingerprint density at radius 2 is 1.84 bits per heavy atom. The highest BCUT2D eigenvalue weighted by atomic mass is 16.7. The molecule has 158 valence electrons. The van der Waals surface area contributed by atoms with Crippen LogP contribution >= 0.6 is 0 Å². The molecule has 2 N–H and O–H groups in total. The van der Waals surface area contributed by atoms with Crippen molar-refractivity contribution in [1.29, 1.82) is 5.26 Å². The molecule has 1 atom stereocenters. The van der Waals surface area contributed by atoms with E-state index in [-0.39, 0.29) is 18.8 Å². The number of hydrogen-bond donors (Lipinski definition) is 2. The number of aliphatic carboxylic acids is 1. The normalized spacial score (nSPS) is 17.3. The Morgan fingerprint density at radius 3 is 2.42 bits per heavy atom. The number of carboxylic acid groups (broad SMARTS) is 1. The summed E-state index contributed by atoms with van der Waals surface area (Å²) in [5.41, 5.74) is 5.14. The second-order valence-corrected chi connectivity index (χ2v) is 6.93. The van der Waals surface area contributed by atoms with Gasteiger partial charge in [0.2, 0.25) is 0 Å². The molecule has 2 aromatic carbocycles.